The Hall–Kier alpha value is -2.54. The van der Waals surface area contributed by atoms with E-state index in [-0.39, 0.29) is 0 Å². The third-order valence-corrected chi connectivity index (χ3v) is 3.33. The Bertz CT molecular complexity index is 568. The Labute approximate surface area is 114 Å². The fourth-order valence-corrected chi connectivity index (χ4v) is 2.26. The lowest BCUT2D eigenvalue weighted by molar-refractivity contribution is -0.790. The average Bonchev–Trinajstić information content (AvgIpc) is 2.46. The molecule has 2 atom stereocenters. The summed E-state index contributed by atoms with van der Waals surface area (Å²) in [5, 5.41) is 32.7. The van der Waals surface area contributed by atoms with Crippen molar-refractivity contribution in [3.8, 4) is 0 Å². The average molecular weight is 276 g/mol. The molecule has 0 aromatic heterocycles. The smallest absolute Gasteiger partial charge is 0.387 e. The highest BCUT2D eigenvalue weighted by molar-refractivity contribution is 5.26. The summed E-state index contributed by atoms with van der Waals surface area (Å²) in [6.07, 6.45) is 3.57. The van der Waals surface area contributed by atoms with Crippen LogP contribution in [0.4, 0.5) is 0 Å². The Morgan fingerprint density at radius 1 is 1.10 bits per heavy atom. The van der Waals surface area contributed by atoms with E-state index < -0.39 is 27.5 Å². The summed E-state index contributed by atoms with van der Waals surface area (Å²) in [4.78, 5) is 20.5. The van der Waals surface area contributed by atoms with E-state index in [1.807, 2.05) is 0 Å². The van der Waals surface area contributed by atoms with Crippen LogP contribution in [0.3, 0.4) is 0 Å². The number of benzene rings is 1. The number of aliphatic hydroxyl groups excluding tert-OH is 1. The van der Waals surface area contributed by atoms with Gasteiger partial charge in [0.15, 0.2) is 5.92 Å². The number of rotatable bonds is 4. The highest BCUT2D eigenvalue weighted by Gasteiger charge is 2.63. The molecule has 104 valence electrons. The largest absolute Gasteiger partial charge is 0.486 e. The van der Waals surface area contributed by atoms with Gasteiger partial charge in [-0.25, -0.2) is 0 Å². The Kier molecular flexibility index (Phi) is 3.62. The lowest BCUT2D eigenvalue weighted by Crippen LogP contribution is -2.53. The van der Waals surface area contributed by atoms with Gasteiger partial charge in [-0.1, -0.05) is 48.6 Å². The molecule has 0 amide bonds. The Morgan fingerprint density at radius 2 is 1.70 bits per heavy atom. The highest BCUT2D eigenvalue weighted by atomic mass is 16.7. The molecule has 1 aromatic carbocycles. The SMILES string of the molecule is O=[N+]([O-])C1([N+](=O)[O-])C=CC=CC1C(O)c1ccccc1. The van der Waals surface area contributed by atoms with Crippen molar-refractivity contribution in [2.24, 2.45) is 5.92 Å². The standard InChI is InChI=1S/C13H12N2O5/c16-12(10-6-2-1-3-7-10)11-8-4-5-9-13(11,14(17)18)15(19)20/h1-9,11-12,16H. The van der Waals surface area contributed by atoms with Crippen LogP contribution >= 0.6 is 0 Å². The van der Waals surface area contributed by atoms with Gasteiger partial charge in [0.25, 0.3) is 0 Å². The fourth-order valence-electron chi connectivity index (χ4n) is 2.26. The van der Waals surface area contributed by atoms with E-state index in [0.717, 1.165) is 6.08 Å². The molecule has 1 aliphatic rings. The van der Waals surface area contributed by atoms with Crippen molar-refractivity contribution < 1.29 is 15.0 Å². The van der Waals surface area contributed by atoms with Crippen LogP contribution in [-0.2, 0) is 0 Å². The number of allylic oxidation sites excluding steroid dienone is 2. The molecule has 2 unspecified atom stereocenters. The predicted molar refractivity (Wildman–Crippen MR) is 69.9 cm³/mol. The van der Waals surface area contributed by atoms with Crippen LogP contribution in [-0.4, -0.2) is 20.6 Å². The second-order valence-corrected chi connectivity index (χ2v) is 4.42. The van der Waals surface area contributed by atoms with Crippen LogP contribution in [0.5, 0.6) is 0 Å². The van der Waals surface area contributed by atoms with Crippen LogP contribution in [0.1, 0.15) is 11.7 Å². The lowest BCUT2D eigenvalue weighted by Gasteiger charge is -2.26. The summed E-state index contributed by atoms with van der Waals surface area (Å²) in [6.45, 7) is 0. The molecule has 0 fully saturated rings. The van der Waals surface area contributed by atoms with Gasteiger partial charge in [-0.15, -0.1) is 0 Å². The first-order valence-electron chi connectivity index (χ1n) is 5.88. The van der Waals surface area contributed by atoms with Crippen LogP contribution < -0.4 is 0 Å². The van der Waals surface area contributed by atoms with Crippen molar-refractivity contribution in [3.63, 3.8) is 0 Å². The number of nitrogens with zero attached hydrogens (tertiary/aromatic N) is 2. The summed E-state index contributed by atoms with van der Waals surface area (Å²) >= 11 is 0. The topological polar surface area (TPSA) is 107 Å². The van der Waals surface area contributed by atoms with Gasteiger partial charge in [0.2, 0.25) is 0 Å². The number of hydrogen-bond donors (Lipinski definition) is 1. The van der Waals surface area contributed by atoms with E-state index in [1.54, 1.807) is 30.3 Å². The molecular weight excluding hydrogens is 264 g/mol. The van der Waals surface area contributed by atoms with E-state index in [0.29, 0.717) is 5.56 Å². The van der Waals surface area contributed by atoms with Crippen molar-refractivity contribution >= 4 is 0 Å². The van der Waals surface area contributed by atoms with Crippen molar-refractivity contribution in [2.45, 2.75) is 11.8 Å². The number of aliphatic hydroxyl groups is 1. The molecule has 0 spiro atoms. The predicted octanol–water partition coefficient (Wildman–Crippen LogP) is 1.71. The van der Waals surface area contributed by atoms with Gasteiger partial charge in [-0.05, 0) is 5.56 Å². The first kappa shape index (κ1) is 13.9. The van der Waals surface area contributed by atoms with Crippen molar-refractivity contribution in [1.29, 1.82) is 0 Å². The van der Waals surface area contributed by atoms with Crippen LogP contribution in [0.25, 0.3) is 0 Å². The zero-order valence-electron chi connectivity index (χ0n) is 10.3. The minimum Gasteiger partial charge on any atom is -0.387 e. The molecule has 0 radical (unpaired) electrons. The molecule has 1 N–H and O–H groups in total. The van der Waals surface area contributed by atoms with Gasteiger partial charge in [-0.2, -0.15) is 0 Å². The normalized spacial score (nSPS) is 21.4. The second-order valence-electron chi connectivity index (χ2n) is 4.42. The molecule has 0 saturated carbocycles. The summed E-state index contributed by atoms with van der Waals surface area (Å²) in [5.41, 5.74) is -2.16. The summed E-state index contributed by atoms with van der Waals surface area (Å²) in [5.74, 6) is -1.28. The van der Waals surface area contributed by atoms with E-state index in [9.17, 15) is 25.3 Å². The van der Waals surface area contributed by atoms with Crippen molar-refractivity contribution in [3.05, 3.63) is 80.4 Å². The second kappa shape index (κ2) is 5.22. The molecule has 1 aliphatic carbocycles. The molecule has 1 aromatic rings. The number of nitro groups is 2. The van der Waals surface area contributed by atoms with Gasteiger partial charge in [0.05, 0.1) is 6.08 Å². The van der Waals surface area contributed by atoms with Gasteiger partial charge in [-0.3, -0.25) is 20.2 Å². The maximum atomic E-state index is 11.2. The van der Waals surface area contributed by atoms with Crippen LogP contribution in [0.2, 0.25) is 0 Å². The number of hydrogen-bond acceptors (Lipinski definition) is 5. The highest BCUT2D eigenvalue weighted by Crippen LogP contribution is 2.37. The minimum absolute atomic E-state index is 0.394. The summed E-state index contributed by atoms with van der Waals surface area (Å²) in [6, 6.07) is 8.17. The van der Waals surface area contributed by atoms with E-state index in [1.165, 1.54) is 18.2 Å². The Morgan fingerprint density at radius 3 is 2.25 bits per heavy atom. The zero-order valence-corrected chi connectivity index (χ0v) is 10.3. The first-order chi connectivity index (χ1) is 9.50. The molecule has 20 heavy (non-hydrogen) atoms. The van der Waals surface area contributed by atoms with Gasteiger partial charge < -0.3 is 5.11 Å². The van der Waals surface area contributed by atoms with Crippen LogP contribution in [0, 0.1) is 26.1 Å². The van der Waals surface area contributed by atoms with Gasteiger partial charge in [0.1, 0.15) is 16.0 Å². The summed E-state index contributed by atoms with van der Waals surface area (Å²) < 4.78 is 0. The van der Waals surface area contributed by atoms with E-state index >= 15 is 0 Å². The molecule has 0 heterocycles. The monoisotopic (exact) mass is 276 g/mol. The molecule has 2 rings (SSSR count). The minimum atomic E-state index is -2.55. The first-order valence-corrected chi connectivity index (χ1v) is 5.88. The Balaban J connectivity index is 2.47. The molecule has 0 bridgehead atoms. The molecule has 0 saturated heterocycles. The molecular formula is C13H12N2O5. The molecule has 7 heteroatoms. The lowest BCUT2D eigenvalue weighted by atomic mass is 9.82. The van der Waals surface area contributed by atoms with Crippen LogP contribution in [0.15, 0.2) is 54.6 Å². The van der Waals surface area contributed by atoms with E-state index in [4.69, 9.17) is 0 Å². The fraction of sp³-hybridized carbons (Fsp3) is 0.231. The molecule has 0 aliphatic heterocycles. The third kappa shape index (κ3) is 2.08. The van der Waals surface area contributed by atoms with Gasteiger partial charge in [0, 0.05) is 0 Å². The van der Waals surface area contributed by atoms with Crippen molar-refractivity contribution in [1.82, 2.24) is 0 Å². The maximum Gasteiger partial charge on any atom is 0.486 e. The quantitative estimate of drug-likeness (QED) is 0.511. The van der Waals surface area contributed by atoms with E-state index in [2.05, 4.69) is 0 Å². The van der Waals surface area contributed by atoms with Gasteiger partial charge >= 0.3 is 5.66 Å². The van der Waals surface area contributed by atoms with Crippen molar-refractivity contribution in [2.75, 3.05) is 0 Å². The molecule has 7 nitrogen and oxygen atoms in total. The third-order valence-electron chi connectivity index (χ3n) is 3.33. The summed E-state index contributed by atoms with van der Waals surface area (Å²) in [7, 11) is 0. The maximum absolute atomic E-state index is 11.2. The zero-order chi connectivity index (χ0) is 14.8.